The third-order valence-corrected chi connectivity index (χ3v) is 6.53. The van der Waals surface area contributed by atoms with Crippen molar-refractivity contribution in [1.82, 2.24) is 0 Å². The largest absolute Gasteiger partial charge is 0.507 e. The number of hydrogen-bond donors (Lipinski definition) is 1. The second kappa shape index (κ2) is 7.63. The summed E-state index contributed by atoms with van der Waals surface area (Å²) in [6.07, 6.45) is 0.860. The molecule has 3 aromatic rings. The fourth-order valence-corrected chi connectivity index (χ4v) is 4.64. The summed E-state index contributed by atoms with van der Waals surface area (Å²) < 4.78 is 47.9. The molecule has 1 N–H and O–H groups in total. The van der Waals surface area contributed by atoms with Crippen LogP contribution in [0.5, 0.6) is 5.75 Å². The predicted molar refractivity (Wildman–Crippen MR) is 109 cm³/mol. The van der Waals surface area contributed by atoms with E-state index in [-0.39, 0.29) is 32.8 Å². The summed E-state index contributed by atoms with van der Waals surface area (Å²) in [5, 5.41) is 28.9. The van der Waals surface area contributed by atoms with Gasteiger partial charge in [0.2, 0.25) is 0 Å². The third kappa shape index (κ3) is 4.25. The van der Waals surface area contributed by atoms with Gasteiger partial charge in [0.05, 0.1) is 15.5 Å². The van der Waals surface area contributed by atoms with Crippen LogP contribution in [0.4, 0.5) is 17.1 Å². The number of hydrogen-bond acceptors (Lipinski definition) is 9. The molecule has 156 valence electrons. The van der Waals surface area contributed by atoms with Crippen LogP contribution in [0, 0.1) is 10.1 Å². The molecule has 0 aliphatic carbocycles. The number of non-ortho nitro benzene ring substituents is 1. The van der Waals surface area contributed by atoms with Crippen LogP contribution in [-0.4, -0.2) is 33.1 Å². The van der Waals surface area contributed by atoms with E-state index in [0.717, 1.165) is 24.5 Å². The second-order valence-electron chi connectivity index (χ2n) is 6.10. The molecule has 0 saturated carbocycles. The number of sulfone groups is 1. The molecule has 0 aliphatic heterocycles. The van der Waals surface area contributed by atoms with Gasteiger partial charge in [0.15, 0.2) is 9.84 Å². The fraction of sp³-hybridized carbons (Fsp3) is 0.0588. The standard InChI is InChI=1S/C17H12ClN3O7S2/c1-29(25,26)16-9-10(21(23)24)5-6-12(16)19-20-13-7-8-14(22)11-3-2-4-15(17(11)13)30(18,27)28/h2-9,22H,1H3/b20-19+. The van der Waals surface area contributed by atoms with Crippen molar-refractivity contribution in [3.05, 3.63) is 58.6 Å². The topological polar surface area (TPSA) is 156 Å². The van der Waals surface area contributed by atoms with Crippen LogP contribution in [0.15, 0.2) is 68.6 Å². The number of nitrogens with zero attached hydrogens (tertiary/aromatic N) is 3. The van der Waals surface area contributed by atoms with Crippen molar-refractivity contribution in [3.8, 4) is 5.75 Å². The molecule has 3 rings (SSSR count). The molecule has 0 atom stereocenters. The molecule has 0 aromatic heterocycles. The Kier molecular flexibility index (Phi) is 5.50. The first-order valence-corrected chi connectivity index (χ1v) is 12.2. The van der Waals surface area contributed by atoms with Gasteiger partial charge in [0.1, 0.15) is 16.3 Å². The number of nitro groups is 1. The lowest BCUT2D eigenvalue weighted by Gasteiger charge is -2.08. The summed E-state index contributed by atoms with van der Waals surface area (Å²) in [6.45, 7) is 0. The molecule has 0 amide bonds. The number of phenolic OH excluding ortho intramolecular Hbond substituents is 1. The van der Waals surface area contributed by atoms with Crippen molar-refractivity contribution in [3.63, 3.8) is 0 Å². The molecule has 0 saturated heterocycles. The lowest BCUT2D eigenvalue weighted by atomic mass is 10.1. The number of phenols is 1. The zero-order chi connectivity index (χ0) is 22.3. The summed E-state index contributed by atoms with van der Waals surface area (Å²) >= 11 is 0. The number of fused-ring (bicyclic) bond motifs is 1. The number of halogens is 1. The molecule has 0 spiro atoms. The zero-order valence-corrected chi connectivity index (χ0v) is 17.4. The Bertz CT molecular complexity index is 1440. The van der Waals surface area contributed by atoms with Crippen molar-refractivity contribution < 1.29 is 26.9 Å². The van der Waals surface area contributed by atoms with Crippen LogP contribution in [0.1, 0.15) is 0 Å². The Balaban J connectivity index is 2.26. The Morgan fingerprint density at radius 3 is 2.20 bits per heavy atom. The summed E-state index contributed by atoms with van der Waals surface area (Å²) in [5.74, 6) is -0.224. The van der Waals surface area contributed by atoms with E-state index in [9.17, 15) is 32.1 Å². The molecule has 10 nitrogen and oxygen atoms in total. The predicted octanol–water partition coefficient (Wildman–Crippen LogP) is 4.20. The van der Waals surface area contributed by atoms with E-state index in [1.807, 2.05) is 0 Å². The minimum absolute atomic E-state index is 0.0135. The Morgan fingerprint density at radius 2 is 1.60 bits per heavy atom. The molecule has 0 fully saturated rings. The van der Waals surface area contributed by atoms with Crippen LogP contribution in [-0.2, 0) is 18.9 Å². The van der Waals surface area contributed by atoms with Crippen LogP contribution in [0.3, 0.4) is 0 Å². The molecule has 0 aliphatic rings. The highest BCUT2D eigenvalue weighted by Crippen LogP contribution is 2.39. The van der Waals surface area contributed by atoms with Crippen molar-refractivity contribution in [2.75, 3.05) is 6.26 Å². The van der Waals surface area contributed by atoms with Crippen LogP contribution in [0.2, 0.25) is 0 Å². The molecule has 0 unspecified atom stereocenters. The van der Waals surface area contributed by atoms with Crippen molar-refractivity contribution in [2.45, 2.75) is 9.79 Å². The molecule has 0 radical (unpaired) electrons. The number of aromatic hydroxyl groups is 1. The lowest BCUT2D eigenvalue weighted by molar-refractivity contribution is -0.385. The average molecular weight is 470 g/mol. The van der Waals surface area contributed by atoms with Crippen LogP contribution < -0.4 is 0 Å². The number of azo groups is 1. The third-order valence-electron chi connectivity index (χ3n) is 4.04. The maximum Gasteiger partial charge on any atom is 0.270 e. The van der Waals surface area contributed by atoms with Gasteiger partial charge in [-0.2, -0.15) is 0 Å². The van der Waals surface area contributed by atoms with E-state index in [2.05, 4.69) is 10.2 Å². The highest BCUT2D eigenvalue weighted by atomic mass is 35.7. The number of nitro benzene ring substituents is 1. The number of benzene rings is 3. The van der Waals surface area contributed by atoms with Crippen molar-refractivity contribution in [1.29, 1.82) is 0 Å². The lowest BCUT2D eigenvalue weighted by Crippen LogP contribution is -1.99. The summed E-state index contributed by atoms with van der Waals surface area (Å²) in [5.41, 5.74) is -0.643. The van der Waals surface area contributed by atoms with E-state index < -0.39 is 34.4 Å². The van der Waals surface area contributed by atoms with Gasteiger partial charge in [-0.3, -0.25) is 10.1 Å². The van der Waals surface area contributed by atoms with E-state index >= 15 is 0 Å². The van der Waals surface area contributed by atoms with Gasteiger partial charge in [0, 0.05) is 39.8 Å². The monoisotopic (exact) mass is 469 g/mol. The van der Waals surface area contributed by atoms with Gasteiger partial charge in [-0.25, -0.2) is 16.8 Å². The Hall–Kier alpha value is -3.09. The van der Waals surface area contributed by atoms with E-state index in [0.29, 0.717) is 0 Å². The first-order valence-electron chi connectivity index (χ1n) is 7.99. The maximum absolute atomic E-state index is 12.0. The van der Waals surface area contributed by atoms with Gasteiger partial charge in [0.25, 0.3) is 14.7 Å². The van der Waals surface area contributed by atoms with E-state index in [1.54, 1.807) is 0 Å². The minimum Gasteiger partial charge on any atom is -0.507 e. The minimum atomic E-state index is -4.21. The smallest absolute Gasteiger partial charge is 0.270 e. The summed E-state index contributed by atoms with van der Waals surface area (Å²) in [7, 11) is -2.61. The first kappa shape index (κ1) is 21.6. The Morgan fingerprint density at radius 1 is 0.967 bits per heavy atom. The zero-order valence-electron chi connectivity index (χ0n) is 15.1. The Labute approximate surface area is 174 Å². The summed E-state index contributed by atoms with van der Waals surface area (Å²) in [4.78, 5) is 9.45. The van der Waals surface area contributed by atoms with Gasteiger partial charge in [-0.1, -0.05) is 12.1 Å². The van der Waals surface area contributed by atoms with Crippen molar-refractivity contribution in [2.24, 2.45) is 10.2 Å². The number of rotatable bonds is 5. The van der Waals surface area contributed by atoms with E-state index in [1.165, 1.54) is 30.3 Å². The summed E-state index contributed by atoms with van der Waals surface area (Å²) in [6, 6.07) is 9.61. The highest BCUT2D eigenvalue weighted by molar-refractivity contribution is 8.14. The molecule has 3 aromatic carbocycles. The molecule has 0 heterocycles. The molecule has 30 heavy (non-hydrogen) atoms. The maximum atomic E-state index is 12.0. The molecule has 13 heteroatoms. The second-order valence-corrected chi connectivity index (χ2v) is 10.6. The van der Waals surface area contributed by atoms with Gasteiger partial charge < -0.3 is 5.11 Å². The molecular formula is C17H12ClN3O7S2. The van der Waals surface area contributed by atoms with Gasteiger partial charge in [-0.15, -0.1) is 10.2 Å². The highest BCUT2D eigenvalue weighted by Gasteiger charge is 2.20. The average Bonchev–Trinajstić information content (AvgIpc) is 2.65. The van der Waals surface area contributed by atoms with Crippen molar-refractivity contribution >= 4 is 57.4 Å². The SMILES string of the molecule is CS(=O)(=O)c1cc([N+](=O)[O-])ccc1/N=N/c1ccc(O)c2cccc(S(=O)(=O)Cl)c12. The van der Waals surface area contributed by atoms with Crippen LogP contribution >= 0.6 is 10.7 Å². The fourth-order valence-electron chi connectivity index (χ4n) is 2.73. The van der Waals surface area contributed by atoms with Crippen LogP contribution in [0.25, 0.3) is 10.8 Å². The quantitative estimate of drug-likeness (QED) is 0.254. The van der Waals surface area contributed by atoms with Gasteiger partial charge >= 0.3 is 0 Å². The van der Waals surface area contributed by atoms with E-state index in [4.69, 9.17) is 10.7 Å². The first-order chi connectivity index (χ1) is 13.9. The molecule has 0 bridgehead atoms. The van der Waals surface area contributed by atoms with Gasteiger partial charge in [-0.05, 0) is 24.3 Å². The normalized spacial score (nSPS) is 12.5. The molecular weight excluding hydrogens is 458 g/mol.